The van der Waals surface area contributed by atoms with Gasteiger partial charge in [-0.3, -0.25) is 14.2 Å². The van der Waals surface area contributed by atoms with Crippen molar-refractivity contribution in [3.05, 3.63) is 46.1 Å². The number of hydrogen-bond donors (Lipinski definition) is 2. The number of carbonyl (C=O) groups excluding carboxylic acids is 1. The third-order valence-electron chi connectivity index (χ3n) is 8.19. The SMILES string of the molecule is CC(C)n1c(=O)c(-c2cc(F)c(NC(=O)[C@H]3C[C@@H]3C)c(F)c2F)cc2cnc(NC3CCC(N(C)C)CC3)nc21. The lowest BCUT2D eigenvalue weighted by molar-refractivity contribution is -0.117. The van der Waals surface area contributed by atoms with Gasteiger partial charge in [0.2, 0.25) is 11.9 Å². The summed E-state index contributed by atoms with van der Waals surface area (Å²) in [5.41, 5.74) is -1.91. The topological polar surface area (TPSA) is 92.1 Å². The number of halogens is 3. The fraction of sp³-hybridized carbons (Fsp3) is 0.517. The lowest BCUT2D eigenvalue weighted by Crippen LogP contribution is -2.36. The Bertz CT molecular complexity index is 1510. The highest BCUT2D eigenvalue weighted by atomic mass is 19.2. The number of pyridine rings is 1. The van der Waals surface area contributed by atoms with E-state index in [0.29, 0.717) is 29.4 Å². The van der Waals surface area contributed by atoms with Crippen LogP contribution in [-0.4, -0.2) is 51.5 Å². The summed E-state index contributed by atoms with van der Waals surface area (Å²) in [7, 11) is 4.17. The zero-order valence-electron chi connectivity index (χ0n) is 23.4. The first-order chi connectivity index (χ1) is 19.0. The highest BCUT2D eigenvalue weighted by Crippen LogP contribution is 2.39. The molecule has 5 rings (SSSR count). The number of anilines is 2. The number of rotatable bonds is 7. The van der Waals surface area contributed by atoms with Gasteiger partial charge in [0.15, 0.2) is 17.5 Å². The molecule has 8 nitrogen and oxygen atoms in total. The minimum atomic E-state index is -1.55. The third kappa shape index (κ3) is 5.31. The Hall–Kier alpha value is -3.47. The number of benzene rings is 1. The van der Waals surface area contributed by atoms with Gasteiger partial charge in [-0.05, 0) is 78.1 Å². The van der Waals surface area contributed by atoms with Crippen LogP contribution in [0.2, 0.25) is 0 Å². The van der Waals surface area contributed by atoms with Gasteiger partial charge in [0.1, 0.15) is 11.3 Å². The average molecular weight is 557 g/mol. The molecule has 2 fully saturated rings. The first kappa shape index (κ1) is 28.1. The molecule has 2 atom stereocenters. The minimum Gasteiger partial charge on any atom is -0.351 e. The molecule has 2 saturated carbocycles. The molecule has 3 aromatic rings. The van der Waals surface area contributed by atoms with E-state index in [1.165, 1.54) is 16.8 Å². The predicted molar refractivity (Wildman–Crippen MR) is 149 cm³/mol. The van der Waals surface area contributed by atoms with Gasteiger partial charge in [0.05, 0.1) is 5.56 Å². The van der Waals surface area contributed by atoms with Crippen LogP contribution >= 0.6 is 0 Å². The molecule has 0 bridgehead atoms. The Kier molecular flexibility index (Phi) is 7.60. The molecule has 2 aliphatic carbocycles. The van der Waals surface area contributed by atoms with Crippen molar-refractivity contribution in [1.82, 2.24) is 19.4 Å². The Labute approximate surface area is 231 Å². The average Bonchev–Trinajstić information content (AvgIpc) is 3.65. The molecule has 0 spiro atoms. The number of fused-ring (bicyclic) bond motifs is 1. The summed E-state index contributed by atoms with van der Waals surface area (Å²) in [5.74, 6) is -4.54. The molecular formula is C29H35F3N6O2. The van der Waals surface area contributed by atoms with Crippen molar-refractivity contribution in [3.8, 4) is 11.1 Å². The number of amides is 1. The van der Waals surface area contributed by atoms with Gasteiger partial charge in [-0.15, -0.1) is 0 Å². The van der Waals surface area contributed by atoms with Gasteiger partial charge >= 0.3 is 0 Å². The fourth-order valence-electron chi connectivity index (χ4n) is 5.59. The maximum atomic E-state index is 15.3. The lowest BCUT2D eigenvalue weighted by Gasteiger charge is -2.33. The third-order valence-corrected chi connectivity index (χ3v) is 8.19. The van der Waals surface area contributed by atoms with Gasteiger partial charge < -0.3 is 15.5 Å². The molecular weight excluding hydrogens is 521 g/mol. The Morgan fingerprint density at radius 3 is 2.35 bits per heavy atom. The van der Waals surface area contributed by atoms with E-state index in [1.807, 2.05) is 6.92 Å². The molecule has 0 unspecified atom stereocenters. The summed E-state index contributed by atoms with van der Waals surface area (Å²) < 4.78 is 46.7. The monoisotopic (exact) mass is 556 g/mol. The molecule has 1 amide bonds. The molecule has 2 aromatic heterocycles. The normalized spacial score (nSPS) is 22.6. The maximum Gasteiger partial charge on any atom is 0.260 e. The van der Waals surface area contributed by atoms with Crippen molar-refractivity contribution < 1.29 is 18.0 Å². The summed E-state index contributed by atoms with van der Waals surface area (Å²) in [6.45, 7) is 5.40. The van der Waals surface area contributed by atoms with E-state index in [9.17, 15) is 9.59 Å². The second kappa shape index (κ2) is 10.8. The fourth-order valence-corrected chi connectivity index (χ4v) is 5.59. The summed E-state index contributed by atoms with van der Waals surface area (Å²) in [4.78, 5) is 37.1. The van der Waals surface area contributed by atoms with Gasteiger partial charge in [-0.2, -0.15) is 4.98 Å². The van der Waals surface area contributed by atoms with Crippen LogP contribution in [0.4, 0.5) is 24.8 Å². The van der Waals surface area contributed by atoms with E-state index in [1.54, 1.807) is 13.8 Å². The first-order valence-electron chi connectivity index (χ1n) is 13.8. The molecule has 0 aliphatic heterocycles. The van der Waals surface area contributed by atoms with Crippen LogP contribution in [0.25, 0.3) is 22.2 Å². The minimum absolute atomic E-state index is 0.110. The maximum absolute atomic E-state index is 15.3. The molecule has 2 N–H and O–H groups in total. The number of carbonyl (C=O) groups is 1. The zero-order valence-corrected chi connectivity index (χ0v) is 23.4. The van der Waals surface area contributed by atoms with Crippen molar-refractivity contribution in [2.45, 2.75) is 71.0 Å². The van der Waals surface area contributed by atoms with Gasteiger partial charge in [-0.25, -0.2) is 18.2 Å². The van der Waals surface area contributed by atoms with Crippen molar-refractivity contribution >= 4 is 28.6 Å². The van der Waals surface area contributed by atoms with E-state index in [0.717, 1.165) is 31.7 Å². The highest BCUT2D eigenvalue weighted by Gasteiger charge is 2.40. The predicted octanol–water partition coefficient (Wildman–Crippen LogP) is 5.34. The molecule has 0 saturated heterocycles. The van der Waals surface area contributed by atoms with E-state index >= 15 is 13.2 Å². The molecule has 214 valence electrons. The van der Waals surface area contributed by atoms with Gasteiger partial charge in [0, 0.05) is 41.2 Å². The van der Waals surface area contributed by atoms with Crippen molar-refractivity contribution in [1.29, 1.82) is 0 Å². The van der Waals surface area contributed by atoms with Crippen LogP contribution in [0.1, 0.15) is 58.9 Å². The summed E-state index contributed by atoms with van der Waals surface area (Å²) in [6.07, 6.45) is 6.17. The lowest BCUT2D eigenvalue weighted by atomic mass is 9.91. The Balaban J connectivity index is 1.49. The quantitative estimate of drug-likeness (QED) is 0.382. The van der Waals surface area contributed by atoms with E-state index < -0.39 is 40.2 Å². The molecule has 2 aliphatic rings. The van der Waals surface area contributed by atoms with Crippen LogP contribution in [0, 0.1) is 29.3 Å². The van der Waals surface area contributed by atoms with Gasteiger partial charge in [-0.1, -0.05) is 6.92 Å². The van der Waals surface area contributed by atoms with Crippen LogP contribution in [0.3, 0.4) is 0 Å². The summed E-state index contributed by atoms with van der Waals surface area (Å²) >= 11 is 0. The van der Waals surface area contributed by atoms with Crippen molar-refractivity contribution in [3.63, 3.8) is 0 Å². The molecule has 0 radical (unpaired) electrons. The standard InChI is InChI=1S/C29H35F3N6O2/c1-14(2)38-26-16(13-33-29(36-26)34-17-6-8-18(9-7-17)37(4)5)11-21(28(38)40)20-12-22(30)25(24(32)23(20)31)35-27(39)19-10-15(19)3/h11-15,17-19H,6-10H2,1-5H3,(H,35,39)(H,33,34,36)/t15-,17?,18?,19-/m0/s1. The number of nitrogens with zero attached hydrogens (tertiary/aromatic N) is 4. The Morgan fingerprint density at radius 1 is 1.07 bits per heavy atom. The summed E-state index contributed by atoms with van der Waals surface area (Å²) in [6, 6.07) is 2.46. The van der Waals surface area contributed by atoms with Gasteiger partial charge in [0.25, 0.3) is 5.56 Å². The molecule has 40 heavy (non-hydrogen) atoms. The number of hydrogen-bond acceptors (Lipinski definition) is 6. The summed E-state index contributed by atoms with van der Waals surface area (Å²) in [5, 5.41) is 5.97. The van der Waals surface area contributed by atoms with Crippen molar-refractivity contribution in [2.24, 2.45) is 11.8 Å². The van der Waals surface area contributed by atoms with Crippen LogP contribution in [0.5, 0.6) is 0 Å². The van der Waals surface area contributed by atoms with Crippen molar-refractivity contribution in [2.75, 3.05) is 24.7 Å². The van der Waals surface area contributed by atoms with E-state index in [4.69, 9.17) is 0 Å². The second-order valence-electron chi connectivity index (χ2n) is 11.6. The number of nitrogens with one attached hydrogen (secondary N) is 2. The Morgan fingerprint density at radius 2 is 1.75 bits per heavy atom. The molecule has 1 aromatic carbocycles. The van der Waals surface area contributed by atoms with Crippen LogP contribution in [0.15, 0.2) is 23.1 Å². The molecule has 11 heteroatoms. The zero-order chi connectivity index (χ0) is 28.9. The smallest absolute Gasteiger partial charge is 0.260 e. The van der Waals surface area contributed by atoms with Crippen LogP contribution < -0.4 is 16.2 Å². The second-order valence-corrected chi connectivity index (χ2v) is 11.6. The molecule has 2 heterocycles. The highest BCUT2D eigenvalue weighted by molar-refractivity contribution is 5.95. The number of aromatic nitrogens is 3. The van der Waals surface area contributed by atoms with E-state index in [2.05, 4.69) is 39.6 Å². The largest absolute Gasteiger partial charge is 0.351 e. The van der Waals surface area contributed by atoms with Crippen LogP contribution in [-0.2, 0) is 4.79 Å². The van der Waals surface area contributed by atoms with E-state index in [-0.39, 0.29) is 29.5 Å². The first-order valence-corrected chi connectivity index (χ1v) is 13.8.